The Morgan fingerprint density at radius 2 is 2.31 bits per heavy atom. The fraction of sp³-hybridized carbons (Fsp3) is 0.500. The highest BCUT2D eigenvalue weighted by atomic mass is 16.5. The van der Waals surface area contributed by atoms with Crippen LogP contribution < -0.4 is 5.32 Å². The van der Waals surface area contributed by atoms with Gasteiger partial charge in [0.05, 0.1) is 6.61 Å². The van der Waals surface area contributed by atoms with Gasteiger partial charge in [-0.25, -0.2) is 4.79 Å². The van der Waals surface area contributed by atoms with Gasteiger partial charge in [-0.05, 0) is 18.1 Å². The third-order valence-corrected chi connectivity index (χ3v) is 1.97. The molecular weight excluding hydrogens is 210 g/mol. The maximum absolute atomic E-state index is 10.5. The molecule has 1 heterocycles. The molecule has 0 saturated heterocycles. The van der Waals surface area contributed by atoms with E-state index in [9.17, 15) is 4.79 Å². The number of hydrogen-bond acceptors (Lipinski definition) is 5. The van der Waals surface area contributed by atoms with E-state index in [1.54, 1.807) is 13.2 Å². The summed E-state index contributed by atoms with van der Waals surface area (Å²) in [6.07, 6.45) is 0. The number of nitrogens with one attached hydrogen (secondary N) is 1. The molecule has 1 unspecified atom stereocenters. The van der Waals surface area contributed by atoms with Crippen molar-refractivity contribution in [3.8, 4) is 0 Å². The van der Waals surface area contributed by atoms with Crippen molar-refractivity contribution in [3.05, 3.63) is 17.8 Å². The topological polar surface area (TPSA) is 84.3 Å². The number of ether oxygens (including phenoxy) is 1. The maximum Gasteiger partial charge on any atom is 0.356 e. The summed E-state index contributed by atoms with van der Waals surface area (Å²) in [5.41, 5.74) is -0.0597. The molecular formula is C10H15N3O3. The normalized spacial score (nSPS) is 12.1. The van der Waals surface area contributed by atoms with Gasteiger partial charge < -0.3 is 15.2 Å². The highest BCUT2D eigenvalue weighted by molar-refractivity contribution is 5.85. The van der Waals surface area contributed by atoms with E-state index in [0.29, 0.717) is 24.9 Å². The molecule has 6 heteroatoms. The number of aromatic nitrogens is 2. The molecule has 0 aliphatic heterocycles. The highest BCUT2D eigenvalue weighted by Crippen LogP contribution is 2.04. The molecule has 0 amide bonds. The molecule has 0 radical (unpaired) electrons. The van der Waals surface area contributed by atoms with Crippen LogP contribution in [0.2, 0.25) is 0 Å². The first-order chi connectivity index (χ1) is 7.63. The summed E-state index contributed by atoms with van der Waals surface area (Å²) < 4.78 is 4.99. The average Bonchev–Trinajstić information content (AvgIpc) is 2.27. The van der Waals surface area contributed by atoms with E-state index in [1.165, 1.54) is 6.07 Å². The molecule has 0 aromatic carbocycles. The van der Waals surface area contributed by atoms with E-state index in [4.69, 9.17) is 9.84 Å². The van der Waals surface area contributed by atoms with Gasteiger partial charge in [-0.1, -0.05) is 6.92 Å². The minimum Gasteiger partial charge on any atom is -0.476 e. The van der Waals surface area contributed by atoms with Crippen molar-refractivity contribution in [2.45, 2.75) is 6.92 Å². The smallest absolute Gasteiger partial charge is 0.356 e. The van der Waals surface area contributed by atoms with Crippen LogP contribution in [0.3, 0.4) is 0 Å². The van der Waals surface area contributed by atoms with Gasteiger partial charge in [0, 0.05) is 13.7 Å². The number of carboxylic acid groups (broad SMARTS) is 1. The number of aromatic carboxylic acids is 1. The van der Waals surface area contributed by atoms with Gasteiger partial charge in [0.25, 0.3) is 0 Å². The van der Waals surface area contributed by atoms with Crippen LogP contribution in [0.5, 0.6) is 0 Å². The Kier molecular flexibility index (Phi) is 4.65. The standard InChI is InChI=1S/C10H15N3O3/c1-7(6-16-2)5-11-9-4-3-8(10(14)15)12-13-9/h3-4,7H,5-6H2,1-2H3,(H,11,13)(H,14,15). The van der Waals surface area contributed by atoms with Crippen LogP contribution in [-0.2, 0) is 4.74 Å². The number of nitrogens with zero attached hydrogens (tertiary/aromatic N) is 2. The molecule has 88 valence electrons. The Labute approximate surface area is 93.6 Å². The molecule has 0 aliphatic carbocycles. The molecule has 0 aliphatic rings. The second kappa shape index (κ2) is 6.02. The Balaban J connectivity index is 2.46. The number of anilines is 1. The lowest BCUT2D eigenvalue weighted by molar-refractivity contribution is 0.0689. The summed E-state index contributed by atoms with van der Waals surface area (Å²) in [7, 11) is 1.65. The van der Waals surface area contributed by atoms with Gasteiger partial charge in [-0.3, -0.25) is 0 Å². The number of hydrogen-bond donors (Lipinski definition) is 2. The van der Waals surface area contributed by atoms with Crippen LogP contribution in [0, 0.1) is 5.92 Å². The van der Waals surface area contributed by atoms with E-state index in [1.807, 2.05) is 6.92 Å². The second-order valence-corrected chi connectivity index (χ2v) is 3.55. The largest absolute Gasteiger partial charge is 0.476 e. The highest BCUT2D eigenvalue weighted by Gasteiger charge is 2.05. The second-order valence-electron chi connectivity index (χ2n) is 3.55. The minimum absolute atomic E-state index is 0.0597. The zero-order chi connectivity index (χ0) is 12.0. The Bertz CT molecular complexity index is 340. The van der Waals surface area contributed by atoms with E-state index in [-0.39, 0.29) is 5.69 Å². The first kappa shape index (κ1) is 12.4. The molecule has 0 saturated carbocycles. The van der Waals surface area contributed by atoms with Crippen molar-refractivity contribution in [2.24, 2.45) is 5.92 Å². The third kappa shape index (κ3) is 3.82. The fourth-order valence-corrected chi connectivity index (χ4v) is 1.16. The number of carboxylic acids is 1. The molecule has 0 spiro atoms. The van der Waals surface area contributed by atoms with Gasteiger partial charge in [0.1, 0.15) is 5.82 Å². The third-order valence-electron chi connectivity index (χ3n) is 1.97. The number of rotatable bonds is 6. The molecule has 2 N–H and O–H groups in total. The van der Waals surface area contributed by atoms with Crippen LogP contribution in [-0.4, -0.2) is 41.5 Å². The number of carbonyl (C=O) groups is 1. The summed E-state index contributed by atoms with van der Waals surface area (Å²) in [4.78, 5) is 10.5. The lowest BCUT2D eigenvalue weighted by Gasteiger charge is -2.11. The molecule has 1 atom stereocenters. The van der Waals surface area contributed by atoms with E-state index < -0.39 is 5.97 Å². The fourth-order valence-electron chi connectivity index (χ4n) is 1.16. The summed E-state index contributed by atoms with van der Waals surface area (Å²) >= 11 is 0. The summed E-state index contributed by atoms with van der Waals surface area (Å²) in [5, 5.41) is 19.0. The SMILES string of the molecule is COCC(C)CNc1ccc(C(=O)O)nn1. The number of methoxy groups -OCH3 is 1. The first-order valence-electron chi connectivity index (χ1n) is 4.93. The summed E-state index contributed by atoms with van der Waals surface area (Å²) in [6.45, 7) is 3.40. The quantitative estimate of drug-likeness (QED) is 0.747. The van der Waals surface area contributed by atoms with Gasteiger partial charge in [-0.2, -0.15) is 0 Å². The van der Waals surface area contributed by atoms with Crippen LogP contribution in [0.15, 0.2) is 12.1 Å². The molecule has 16 heavy (non-hydrogen) atoms. The van der Waals surface area contributed by atoms with Crippen LogP contribution in [0.1, 0.15) is 17.4 Å². The monoisotopic (exact) mass is 225 g/mol. The van der Waals surface area contributed by atoms with Crippen LogP contribution in [0.4, 0.5) is 5.82 Å². The van der Waals surface area contributed by atoms with Crippen molar-refractivity contribution in [2.75, 3.05) is 25.6 Å². The zero-order valence-corrected chi connectivity index (χ0v) is 9.30. The predicted molar refractivity (Wildman–Crippen MR) is 58.5 cm³/mol. The Hall–Kier alpha value is -1.69. The van der Waals surface area contributed by atoms with Gasteiger partial charge >= 0.3 is 5.97 Å². The summed E-state index contributed by atoms with van der Waals surface area (Å²) in [5.74, 6) is -0.161. The van der Waals surface area contributed by atoms with Gasteiger partial charge in [-0.15, -0.1) is 10.2 Å². The predicted octanol–water partition coefficient (Wildman–Crippen LogP) is 0.869. The van der Waals surface area contributed by atoms with Crippen molar-refractivity contribution in [1.29, 1.82) is 0 Å². The van der Waals surface area contributed by atoms with E-state index in [0.717, 1.165) is 0 Å². The van der Waals surface area contributed by atoms with Gasteiger partial charge in [0.15, 0.2) is 5.69 Å². The van der Waals surface area contributed by atoms with Crippen molar-refractivity contribution >= 4 is 11.8 Å². The Morgan fingerprint density at radius 3 is 2.81 bits per heavy atom. The molecule has 0 bridgehead atoms. The Morgan fingerprint density at radius 1 is 1.56 bits per heavy atom. The van der Waals surface area contributed by atoms with Crippen molar-refractivity contribution in [3.63, 3.8) is 0 Å². The van der Waals surface area contributed by atoms with Crippen LogP contribution in [0.25, 0.3) is 0 Å². The molecule has 1 rings (SSSR count). The maximum atomic E-state index is 10.5. The molecule has 1 aromatic rings. The van der Waals surface area contributed by atoms with Gasteiger partial charge in [0.2, 0.25) is 0 Å². The summed E-state index contributed by atoms with van der Waals surface area (Å²) in [6, 6.07) is 3.01. The lowest BCUT2D eigenvalue weighted by atomic mass is 10.2. The first-order valence-corrected chi connectivity index (χ1v) is 4.93. The van der Waals surface area contributed by atoms with E-state index >= 15 is 0 Å². The zero-order valence-electron chi connectivity index (χ0n) is 9.30. The van der Waals surface area contributed by atoms with Crippen molar-refractivity contribution in [1.82, 2.24) is 10.2 Å². The average molecular weight is 225 g/mol. The molecule has 0 fully saturated rings. The lowest BCUT2D eigenvalue weighted by Crippen LogP contribution is -2.17. The molecule has 6 nitrogen and oxygen atoms in total. The van der Waals surface area contributed by atoms with Crippen LogP contribution >= 0.6 is 0 Å². The minimum atomic E-state index is -1.08. The molecule has 1 aromatic heterocycles. The van der Waals surface area contributed by atoms with E-state index in [2.05, 4.69) is 15.5 Å². The van der Waals surface area contributed by atoms with Crippen molar-refractivity contribution < 1.29 is 14.6 Å².